The van der Waals surface area contributed by atoms with Crippen LogP contribution in [0.4, 0.5) is 0 Å². The third kappa shape index (κ3) is 4.27. The molecule has 0 radical (unpaired) electrons. The van der Waals surface area contributed by atoms with Gasteiger partial charge in [0, 0.05) is 17.5 Å². The highest BCUT2D eigenvalue weighted by Crippen LogP contribution is 2.43. The van der Waals surface area contributed by atoms with Crippen molar-refractivity contribution >= 4 is 5.91 Å². The lowest BCUT2D eigenvalue weighted by molar-refractivity contribution is -0.132. The zero-order chi connectivity index (χ0) is 13.8. The van der Waals surface area contributed by atoms with Gasteiger partial charge in [0.2, 0.25) is 5.91 Å². The van der Waals surface area contributed by atoms with E-state index in [2.05, 4.69) is 26.1 Å². The van der Waals surface area contributed by atoms with E-state index < -0.39 is 0 Å². The molecule has 0 aliphatic heterocycles. The molecule has 3 nitrogen and oxygen atoms in total. The Morgan fingerprint density at radius 3 is 2.22 bits per heavy atom. The van der Waals surface area contributed by atoms with Crippen LogP contribution in [0.25, 0.3) is 0 Å². The zero-order valence-corrected chi connectivity index (χ0v) is 12.5. The van der Waals surface area contributed by atoms with Gasteiger partial charge in [0.15, 0.2) is 0 Å². The van der Waals surface area contributed by atoms with Crippen molar-refractivity contribution in [3.05, 3.63) is 0 Å². The van der Waals surface area contributed by atoms with Crippen molar-refractivity contribution < 1.29 is 4.79 Å². The largest absolute Gasteiger partial charge is 0.353 e. The molecule has 0 aromatic rings. The SMILES string of the molecule is CC(C)CC1(C(=O)NC(C)CC(C)N)CCCC1. The van der Waals surface area contributed by atoms with Gasteiger partial charge >= 0.3 is 0 Å². The van der Waals surface area contributed by atoms with Crippen LogP contribution in [0.15, 0.2) is 0 Å². The van der Waals surface area contributed by atoms with E-state index in [1.807, 2.05) is 6.92 Å². The van der Waals surface area contributed by atoms with Gasteiger partial charge < -0.3 is 11.1 Å². The summed E-state index contributed by atoms with van der Waals surface area (Å²) in [7, 11) is 0. The van der Waals surface area contributed by atoms with Crippen molar-refractivity contribution in [2.75, 3.05) is 0 Å². The monoisotopic (exact) mass is 254 g/mol. The highest BCUT2D eigenvalue weighted by molar-refractivity contribution is 5.83. The highest BCUT2D eigenvalue weighted by atomic mass is 16.2. The number of carbonyl (C=O) groups excluding carboxylic acids is 1. The number of carbonyl (C=O) groups is 1. The third-order valence-electron chi connectivity index (χ3n) is 3.94. The van der Waals surface area contributed by atoms with Gasteiger partial charge in [-0.25, -0.2) is 0 Å². The van der Waals surface area contributed by atoms with E-state index in [0.29, 0.717) is 5.92 Å². The first-order valence-electron chi connectivity index (χ1n) is 7.42. The van der Waals surface area contributed by atoms with Gasteiger partial charge in [-0.15, -0.1) is 0 Å². The second-order valence-corrected chi connectivity index (χ2v) is 6.67. The van der Waals surface area contributed by atoms with Gasteiger partial charge in [0.1, 0.15) is 0 Å². The molecule has 0 aromatic carbocycles. The van der Waals surface area contributed by atoms with Crippen LogP contribution in [0.1, 0.15) is 66.2 Å². The Labute approximate surface area is 112 Å². The summed E-state index contributed by atoms with van der Waals surface area (Å²) in [5.41, 5.74) is 5.69. The predicted molar refractivity (Wildman–Crippen MR) is 76.2 cm³/mol. The Bertz CT molecular complexity index is 268. The van der Waals surface area contributed by atoms with Crippen LogP contribution in [-0.2, 0) is 4.79 Å². The van der Waals surface area contributed by atoms with Crippen LogP contribution in [0.2, 0.25) is 0 Å². The van der Waals surface area contributed by atoms with Crippen molar-refractivity contribution in [2.24, 2.45) is 17.1 Å². The molecule has 1 aliphatic carbocycles. The summed E-state index contributed by atoms with van der Waals surface area (Å²) in [5.74, 6) is 0.847. The molecule has 0 spiro atoms. The Morgan fingerprint density at radius 2 is 1.78 bits per heavy atom. The van der Waals surface area contributed by atoms with Crippen molar-refractivity contribution in [2.45, 2.75) is 78.3 Å². The topological polar surface area (TPSA) is 55.1 Å². The minimum atomic E-state index is -0.0970. The Balaban J connectivity index is 2.60. The van der Waals surface area contributed by atoms with Crippen molar-refractivity contribution in [1.29, 1.82) is 0 Å². The van der Waals surface area contributed by atoms with Crippen molar-refractivity contribution in [3.63, 3.8) is 0 Å². The molecule has 1 aliphatic rings. The molecule has 2 atom stereocenters. The maximum Gasteiger partial charge on any atom is 0.226 e. The number of nitrogens with two attached hydrogens (primary N) is 1. The lowest BCUT2D eigenvalue weighted by Crippen LogP contribution is -2.45. The fourth-order valence-electron chi connectivity index (χ4n) is 3.35. The van der Waals surface area contributed by atoms with E-state index in [1.165, 1.54) is 12.8 Å². The summed E-state index contributed by atoms with van der Waals surface area (Å²) in [5, 5.41) is 3.18. The van der Waals surface area contributed by atoms with Gasteiger partial charge in [0.25, 0.3) is 0 Å². The average molecular weight is 254 g/mol. The van der Waals surface area contributed by atoms with E-state index in [4.69, 9.17) is 5.73 Å². The first-order valence-corrected chi connectivity index (χ1v) is 7.42. The molecule has 18 heavy (non-hydrogen) atoms. The molecule has 0 saturated heterocycles. The standard InChI is InChI=1S/C15H30N2O/c1-11(2)10-15(7-5-6-8-15)14(18)17-13(4)9-12(3)16/h11-13H,5-10,16H2,1-4H3,(H,17,18). The first-order chi connectivity index (χ1) is 8.35. The molecule has 3 N–H and O–H groups in total. The summed E-state index contributed by atoms with van der Waals surface area (Å²) in [6.45, 7) is 8.46. The average Bonchev–Trinajstić information content (AvgIpc) is 2.64. The second-order valence-electron chi connectivity index (χ2n) is 6.67. The molecule has 1 fully saturated rings. The van der Waals surface area contributed by atoms with E-state index in [0.717, 1.165) is 25.7 Å². The maximum atomic E-state index is 12.5. The summed E-state index contributed by atoms with van der Waals surface area (Å²) in [6, 6.07) is 0.326. The van der Waals surface area contributed by atoms with Crippen molar-refractivity contribution in [3.8, 4) is 0 Å². The fourth-order valence-corrected chi connectivity index (χ4v) is 3.35. The molecule has 3 heteroatoms. The minimum Gasteiger partial charge on any atom is -0.353 e. The minimum absolute atomic E-state index is 0.0970. The number of rotatable bonds is 6. The maximum absolute atomic E-state index is 12.5. The zero-order valence-electron chi connectivity index (χ0n) is 12.5. The summed E-state index contributed by atoms with van der Waals surface area (Å²) in [4.78, 5) is 12.5. The van der Waals surface area contributed by atoms with Gasteiger partial charge in [0.05, 0.1) is 0 Å². The lowest BCUT2D eigenvalue weighted by Gasteiger charge is -2.31. The molecule has 1 rings (SSSR count). The molecule has 0 aromatic heterocycles. The smallest absolute Gasteiger partial charge is 0.226 e. The van der Waals surface area contributed by atoms with E-state index in [-0.39, 0.29) is 23.4 Å². The van der Waals surface area contributed by atoms with Crippen molar-refractivity contribution in [1.82, 2.24) is 5.32 Å². The van der Waals surface area contributed by atoms with Crippen LogP contribution in [-0.4, -0.2) is 18.0 Å². The summed E-state index contributed by atoms with van der Waals surface area (Å²) >= 11 is 0. The quantitative estimate of drug-likeness (QED) is 0.766. The number of nitrogens with one attached hydrogen (secondary N) is 1. The van der Waals surface area contributed by atoms with Crippen LogP contribution < -0.4 is 11.1 Å². The van der Waals surface area contributed by atoms with Gasteiger partial charge in [-0.2, -0.15) is 0 Å². The summed E-state index contributed by atoms with van der Waals surface area (Å²) in [6.07, 6.45) is 6.38. The molecule has 106 valence electrons. The van der Waals surface area contributed by atoms with Crippen LogP contribution in [0.5, 0.6) is 0 Å². The highest BCUT2D eigenvalue weighted by Gasteiger charge is 2.41. The number of hydrogen-bond acceptors (Lipinski definition) is 2. The van der Waals surface area contributed by atoms with Gasteiger partial charge in [-0.1, -0.05) is 26.7 Å². The van der Waals surface area contributed by atoms with E-state index >= 15 is 0 Å². The number of amides is 1. The Morgan fingerprint density at radius 1 is 1.22 bits per heavy atom. The van der Waals surface area contributed by atoms with Crippen LogP contribution in [0, 0.1) is 11.3 Å². The van der Waals surface area contributed by atoms with Gasteiger partial charge in [-0.05, 0) is 45.4 Å². The molecular weight excluding hydrogens is 224 g/mol. The van der Waals surface area contributed by atoms with Crippen LogP contribution >= 0.6 is 0 Å². The predicted octanol–water partition coefficient (Wildman–Crippen LogP) is 2.83. The lowest BCUT2D eigenvalue weighted by atomic mass is 9.77. The Hall–Kier alpha value is -0.570. The van der Waals surface area contributed by atoms with Crippen LogP contribution in [0.3, 0.4) is 0 Å². The third-order valence-corrected chi connectivity index (χ3v) is 3.94. The van der Waals surface area contributed by atoms with Gasteiger partial charge in [-0.3, -0.25) is 4.79 Å². The molecule has 0 bridgehead atoms. The molecule has 1 amide bonds. The molecular formula is C15H30N2O. The fraction of sp³-hybridized carbons (Fsp3) is 0.933. The second kappa shape index (κ2) is 6.55. The molecule has 0 heterocycles. The Kier molecular flexibility index (Phi) is 5.64. The van der Waals surface area contributed by atoms with E-state index in [9.17, 15) is 4.79 Å². The molecule has 1 saturated carbocycles. The van der Waals surface area contributed by atoms with E-state index in [1.54, 1.807) is 0 Å². The first kappa shape index (κ1) is 15.5. The normalized spacial score (nSPS) is 21.9. The number of hydrogen-bond donors (Lipinski definition) is 2. The molecule has 2 unspecified atom stereocenters. The summed E-state index contributed by atoms with van der Waals surface area (Å²) < 4.78 is 0.